The number of aromatic nitrogens is 1. The maximum atomic E-state index is 13.1. The summed E-state index contributed by atoms with van der Waals surface area (Å²) in [4.78, 5) is 22.1. The van der Waals surface area contributed by atoms with Crippen molar-refractivity contribution in [2.75, 3.05) is 18.0 Å². The summed E-state index contributed by atoms with van der Waals surface area (Å²) < 4.78 is 5.74. The van der Waals surface area contributed by atoms with Gasteiger partial charge in [-0.3, -0.25) is 9.80 Å². The first-order valence-corrected chi connectivity index (χ1v) is 11.0. The van der Waals surface area contributed by atoms with Crippen LogP contribution in [0.2, 0.25) is 0 Å². The van der Waals surface area contributed by atoms with Crippen molar-refractivity contribution in [1.82, 2.24) is 9.88 Å². The van der Waals surface area contributed by atoms with Gasteiger partial charge in [-0.1, -0.05) is 32.8 Å². The third-order valence-electron chi connectivity index (χ3n) is 5.44. The molecule has 1 amide bonds. The number of pyridine rings is 1. The fourth-order valence-corrected chi connectivity index (χ4v) is 3.81. The summed E-state index contributed by atoms with van der Waals surface area (Å²) in [5.74, 6) is 0.763. The highest BCUT2D eigenvalue weighted by Crippen LogP contribution is 2.36. The van der Waals surface area contributed by atoms with E-state index in [2.05, 4.69) is 36.7 Å². The minimum atomic E-state index is -0.532. The monoisotopic (exact) mass is 389 g/mol. The zero-order chi connectivity index (χ0) is 20.7. The fraction of sp³-hybridized carbons (Fsp3) is 0.739. The molecule has 1 aliphatic rings. The lowest BCUT2D eigenvalue weighted by Gasteiger charge is -2.38. The molecule has 1 aromatic rings. The summed E-state index contributed by atoms with van der Waals surface area (Å²) in [6, 6.07) is 4.49. The molecular formula is C23H39N3O2. The number of hydrogen-bond acceptors (Lipinski definition) is 4. The van der Waals surface area contributed by atoms with Crippen LogP contribution in [0.5, 0.6) is 0 Å². The zero-order valence-electron chi connectivity index (χ0n) is 18.7. The number of ether oxygens (including phenoxy) is 1. The molecule has 0 aromatic carbocycles. The van der Waals surface area contributed by atoms with Crippen molar-refractivity contribution in [3.05, 3.63) is 23.9 Å². The number of carbonyl (C=O) groups excluding carboxylic acids is 1. The van der Waals surface area contributed by atoms with Crippen LogP contribution in [0.1, 0.15) is 91.7 Å². The first kappa shape index (κ1) is 22.7. The van der Waals surface area contributed by atoms with Gasteiger partial charge in [-0.25, -0.2) is 9.78 Å². The Morgan fingerprint density at radius 1 is 1.36 bits per heavy atom. The molecule has 2 heterocycles. The van der Waals surface area contributed by atoms with Crippen molar-refractivity contribution in [2.24, 2.45) is 0 Å². The number of nitrogens with zero attached hydrogens (tertiary/aromatic N) is 3. The van der Waals surface area contributed by atoms with E-state index in [-0.39, 0.29) is 12.1 Å². The number of hydrogen-bond donors (Lipinski definition) is 0. The highest BCUT2D eigenvalue weighted by molar-refractivity contribution is 5.88. The molecular weight excluding hydrogens is 350 g/mol. The third kappa shape index (κ3) is 5.94. The van der Waals surface area contributed by atoms with E-state index in [0.717, 1.165) is 37.3 Å². The van der Waals surface area contributed by atoms with E-state index in [4.69, 9.17) is 4.74 Å². The molecule has 158 valence electrons. The van der Waals surface area contributed by atoms with Crippen molar-refractivity contribution < 1.29 is 9.53 Å². The summed E-state index contributed by atoms with van der Waals surface area (Å²) in [7, 11) is 0. The fourth-order valence-electron chi connectivity index (χ4n) is 3.81. The topological polar surface area (TPSA) is 45.7 Å². The second-order valence-electron chi connectivity index (χ2n) is 8.92. The molecule has 0 N–H and O–H groups in total. The van der Waals surface area contributed by atoms with Gasteiger partial charge in [0, 0.05) is 23.8 Å². The van der Waals surface area contributed by atoms with Gasteiger partial charge in [0.05, 0.1) is 0 Å². The summed E-state index contributed by atoms with van der Waals surface area (Å²) in [5, 5.41) is 0. The summed E-state index contributed by atoms with van der Waals surface area (Å²) >= 11 is 0. The second kappa shape index (κ2) is 10.2. The predicted octanol–water partition coefficient (Wildman–Crippen LogP) is 5.95. The molecule has 2 rings (SSSR count). The van der Waals surface area contributed by atoms with Crippen LogP contribution < -0.4 is 4.90 Å². The lowest BCUT2D eigenvalue weighted by Crippen LogP contribution is -2.44. The summed E-state index contributed by atoms with van der Waals surface area (Å²) in [6.45, 7) is 14.4. The molecule has 5 nitrogen and oxygen atoms in total. The van der Waals surface area contributed by atoms with Crippen LogP contribution in [0.25, 0.3) is 0 Å². The molecule has 1 aliphatic heterocycles. The third-order valence-corrected chi connectivity index (χ3v) is 5.44. The first-order chi connectivity index (χ1) is 13.3. The van der Waals surface area contributed by atoms with Gasteiger partial charge >= 0.3 is 6.09 Å². The van der Waals surface area contributed by atoms with E-state index in [0.29, 0.717) is 6.04 Å². The molecule has 2 atom stereocenters. The van der Waals surface area contributed by atoms with Gasteiger partial charge in [0.2, 0.25) is 0 Å². The SMILES string of the molecule is CCCCN1CCCC[C@H]1c1cccnc1N(C(=O)OC(C)(C)C)[C@@H](C)CC. The van der Waals surface area contributed by atoms with E-state index in [1.165, 1.54) is 25.7 Å². The molecule has 0 spiro atoms. The zero-order valence-corrected chi connectivity index (χ0v) is 18.7. The van der Waals surface area contributed by atoms with Crippen LogP contribution >= 0.6 is 0 Å². The largest absolute Gasteiger partial charge is 0.443 e. The molecule has 1 fully saturated rings. The van der Waals surface area contributed by atoms with Crippen LogP contribution in [-0.2, 0) is 4.74 Å². The lowest BCUT2D eigenvalue weighted by atomic mass is 9.94. The molecule has 0 aliphatic carbocycles. The number of carbonyl (C=O) groups is 1. The summed E-state index contributed by atoms with van der Waals surface area (Å²) in [6.07, 6.45) is 8.31. The average Bonchev–Trinajstić information content (AvgIpc) is 2.65. The number of rotatable bonds is 7. The number of piperidine rings is 1. The smallest absolute Gasteiger partial charge is 0.416 e. The van der Waals surface area contributed by atoms with Gasteiger partial charge in [0.1, 0.15) is 11.4 Å². The highest BCUT2D eigenvalue weighted by Gasteiger charge is 2.33. The van der Waals surface area contributed by atoms with Gasteiger partial charge in [-0.15, -0.1) is 0 Å². The van der Waals surface area contributed by atoms with Crippen molar-refractivity contribution >= 4 is 11.9 Å². The highest BCUT2D eigenvalue weighted by atomic mass is 16.6. The van der Waals surface area contributed by atoms with E-state index < -0.39 is 5.60 Å². The second-order valence-corrected chi connectivity index (χ2v) is 8.92. The Kier molecular flexibility index (Phi) is 8.29. The molecule has 1 aromatic heterocycles. The van der Waals surface area contributed by atoms with Gasteiger partial charge in [0.15, 0.2) is 0 Å². The number of likely N-dealkylation sites (tertiary alicyclic amines) is 1. The summed E-state index contributed by atoms with van der Waals surface area (Å²) in [5.41, 5.74) is 0.625. The predicted molar refractivity (Wildman–Crippen MR) is 116 cm³/mol. The van der Waals surface area contributed by atoms with Crippen molar-refractivity contribution in [1.29, 1.82) is 0 Å². The lowest BCUT2D eigenvalue weighted by molar-refractivity contribution is 0.0564. The standard InChI is InChI=1S/C23H39N3O2/c1-7-9-16-25-17-11-10-14-20(25)19-13-12-15-24-21(19)26(18(3)8-2)22(27)28-23(4,5)6/h12-13,15,18,20H,7-11,14,16-17H2,1-6H3/t18-,20-/m0/s1. The number of amides is 1. The molecule has 0 radical (unpaired) electrons. The van der Waals surface area contributed by atoms with Crippen molar-refractivity contribution in [3.63, 3.8) is 0 Å². The average molecular weight is 390 g/mol. The van der Waals surface area contributed by atoms with E-state index in [1.807, 2.05) is 26.8 Å². The van der Waals surface area contributed by atoms with Crippen molar-refractivity contribution in [2.45, 2.75) is 97.8 Å². The number of anilines is 1. The van der Waals surface area contributed by atoms with E-state index >= 15 is 0 Å². The van der Waals surface area contributed by atoms with Crippen LogP contribution in [0.15, 0.2) is 18.3 Å². The molecule has 0 saturated carbocycles. The maximum absolute atomic E-state index is 13.1. The minimum Gasteiger partial charge on any atom is -0.443 e. The quantitative estimate of drug-likeness (QED) is 0.578. The van der Waals surface area contributed by atoms with Crippen LogP contribution in [0, 0.1) is 0 Å². The Labute approximate surface area is 171 Å². The van der Waals surface area contributed by atoms with Crippen LogP contribution in [-0.4, -0.2) is 40.7 Å². The van der Waals surface area contributed by atoms with Gasteiger partial charge in [-0.05, 0) is 72.5 Å². The molecule has 1 saturated heterocycles. The van der Waals surface area contributed by atoms with E-state index in [9.17, 15) is 4.79 Å². The molecule has 5 heteroatoms. The Hall–Kier alpha value is -1.62. The van der Waals surface area contributed by atoms with E-state index in [1.54, 1.807) is 11.1 Å². The molecule has 28 heavy (non-hydrogen) atoms. The van der Waals surface area contributed by atoms with Gasteiger partial charge in [0.25, 0.3) is 0 Å². The van der Waals surface area contributed by atoms with Crippen LogP contribution in [0.4, 0.5) is 10.6 Å². The maximum Gasteiger partial charge on any atom is 0.416 e. The Bertz CT molecular complexity index is 627. The first-order valence-electron chi connectivity index (χ1n) is 11.0. The van der Waals surface area contributed by atoms with Gasteiger partial charge in [-0.2, -0.15) is 0 Å². The Morgan fingerprint density at radius 2 is 2.11 bits per heavy atom. The Balaban J connectivity index is 2.41. The van der Waals surface area contributed by atoms with Gasteiger partial charge < -0.3 is 4.74 Å². The molecule has 0 bridgehead atoms. The Morgan fingerprint density at radius 3 is 2.75 bits per heavy atom. The van der Waals surface area contributed by atoms with Crippen molar-refractivity contribution in [3.8, 4) is 0 Å². The molecule has 0 unspecified atom stereocenters. The van der Waals surface area contributed by atoms with Crippen LogP contribution in [0.3, 0.4) is 0 Å². The minimum absolute atomic E-state index is 0.0242. The normalized spacial score (nSPS) is 19.3. The number of unbranched alkanes of at least 4 members (excludes halogenated alkanes) is 1.